The highest BCUT2D eigenvalue weighted by atomic mass is 16.5. The van der Waals surface area contributed by atoms with E-state index in [1.54, 1.807) is 6.92 Å². The van der Waals surface area contributed by atoms with Gasteiger partial charge in [0.15, 0.2) is 0 Å². The lowest BCUT2D eigenvalue weighted by Crippen LogP contribution is -2.15. The number of hydrogen-bond donors (Lipinski definition) is 1. The number of rotatable bonds is 5. The van der Waals surface area contributed by atoms with Crippen molar-refractivity contribution in [2.75, 3.05) is 6.61 Å². The Morgan fingerprint density at radius 2 is 1.94 bits per heavy atom. The van der Waals surface area contributed by atoms with E-state index in [0.29, 0.717) is 6.61 Å². The molecule has 2 nitrogen and oxygen atoms in total. The van der Waals surface area contributed by atoms with Gasteiger partial charge in [0, 0.05) is 0 Å². The zero-order valence-electron chi connectivity index (χ0n) is 11.3. The molecule has 1 unspecified atom stereocenters. The van der Waals surface area contributed by atoms with Crippen molar-refractivity contribution in [3.05, 3.63) is 29.8 Å². The summed E-state index contributed by atoms with van der Waals surface area (Å²) < 4.78 is 5.69. The lowest BCUT2D eigenvalue weighted by Gasteiger charge is -2.22. The number of benzene rings is 1. The van der Waals surface area contributed by atoms with Crippen LogP contribution in [0.4, 0.5) is 0 Å². The summed E-state index contributed by atoms with van der Waals surface area (Å²) in [6.45, 7) is 2.13. The molecule has 2 rings (SSSR count). The molecule has 0 bridgehead atoms. The SMILES string of the molecule is CC(O)COc1ccccc1CC1CCCCC1. The molecule has 0 spiro atoms. The van der Waals surface area contributed by atoms with Crippen LogP contribution in [-0.2, 0) is 6.42 Å². The summed E-state index contributed by atoms with van der Waals surface area (Å²) in [5, 5.41) is 9.30. The van der Waals surface area contributed by atoms with E-state index in [9.17, 15) is 5.11 Å². The summed E-state index contributed by atoms with van der Waals surface area (Å²) in [6, 6.07) is 8.25. The molecule has 1 aromatic rings. The topological polar surface area (TPSA) is 29.5 Å². The summed E-state index contributed by atoms with van der Waals surface area (Å²) in [6.07, 6.45) is 7.57. The third-order valence-corrected chi connectivity index (χ3v) is 3.69. The molecule has 0 saturated heterocycles. The van der Waals surface area contributed by atoms with Crippen molar-refractivity contribution in [3.8, 4) is 5.75 Å². The Morgan fingerprint density at radius 1 is 1.22 bits per heavy atom. The molecule has 100 valence electrons. The van der Waals surface area contributed by atoms with Crippen molar-refractivity contribution in [3.63, 3.8) is 0 Å². The monoisotopic (exact) mass is 248 g/mol. The van der Waals surface area contributed by atoms with Crippen LogP contribution in [0.25, 0.3) is 0 Å². The minimum absolute atomic E-state index is 0.377. The van der Waals surface area contributed by atoms with Crippen molar-refractivity contribution in [1.29, 1.82) is 0 Å². The van der Waals surface area contributed by atoms with Gasteiger partial charge in [-0.1, -0.05) is 50.3 Å². The van der Waals surface area contributed by atoms with E-state index < -0.39 is 6.10 Å². The number of ether oxygens (including phenoxy) is 1. The zero-order valence-corrected chi connectivity index (χ0v) is 11.3. The molecule has 0 radical (unpaired) electrons. The zero-order chi connectivity index (χ0) is 12.8. The highest BCUT2D eigenvalue weighted by molar-refractivity contribution is 5.33. The van der Waals surface area contributed by atoms with Gasteiger partial charge in [-0.25, -0.2) is 0 Å². The predicted molar refractivity (Wildman–Crippen MR) is 73.9 cm³/mol. The first-order valence-electron chi connectivity index (χ1n) is 7.14. The van der Waals surface area contributed by atoms with E-state index in [0.717, 1.165) is 18.1 Å². The molecule has 1 saturated carbocycles. The Hall–Kier alpha value is -1.02. The molecular weight excluding hydrogens is 224 g/mol. The van der Waals surface area contributed by atoms with Gasteiger partial charge < -0.3 is 9.84 Å². The molecule has 0 aromatic heterocycles. The van der Waals surface area contributed by atoms with Crippen LogP contribution in [0.1, 0.15) is 44.6 Å². The number of para-hydroxylation sites is 1. The van der Waals surface area contributed by atoms with E-state index in [1.807, 2.05) is 12.1 Å². The minimum atomic E-state index is -0.410. The third-order valence-electron chi connectivity index (χ3n) is 3.69. The summed E-state index contributed by atoms with van der Waals surface area (Å²) in [5.74, 6) is 1.76. The second-order valence-electron chi connectivity index (χ2n) is 5.48. The van der Waals surface area contributed by atoms with Gasteiger partial charge >= 0.3 is 0 Å². The molecule has 1 atom stereocenters. The van der Waals surface area contributed by atoms with Gasteiger partial charge in [-0.05, 0) is 30.9 Å². The third kappa shape index (κ3) is 4.02. The van der Waals surface area contributed by atoms with Gasteiger partial charge in [0.05, 0.1) is 6.10 Å². The maximum Gasteiger partial charge on any atom is 0.122 e. The molecule has 1 N–H and O–H groups in total. The van der Waals surface area contributed by atoms with Crippen molar-refractivity contribution in [1.82, 2.24) is 0 Å². The molecule has 0 heterocycles. The van der Waals surface area contributed by atoms with Crippen molar-refractivity contribution in [2.24, 2.45) is 5.92 Å². The summed E-state index contributed by atoms with van der Waals surface area (Å²) in [7, 11) is 0. The minimum Gasteiger partial charge on any atom is -0.491 e. The summed E-state index contributed by atoms with van der Waals surface area (Å²) >= 11 is 0. The first-order valence-corrected chi connectivity index (χ1v) is 7.14. The molecule has 1 aliphatic rings. The number of aliphatic hydroxyl groups excluding tert-OH is 1. The molecule has 18 heavy (non-hydrogen) atoms. The summed E-state index contributed by atoms with van der Waals surface area (Å²) in [4.78, 5) is 0. The summed E-state index contributed by atoms with van der Waals surface area (Å²) in [5.41, 5.74) is 1.30. The number of aliphatic hydroxyl groups is 1. The fourth-order valence-electron chi connectivity index (χ4n) is 2.73. The number of hydrogen-bond acceptors (Lipinski definition) is 2. The maximum absolute atomic E-state index is 9.30. The van der Waals surface area contributed by atoms with Gasteiger partial charge in [0.2, 0.25) is 0 Å². The maximum atomic E-state index is 9.30. The molecule has 1 fully saturated rings. The molecule has 1 aromatic carbocycles. The van der Waals surface area contributed by atoms with E-state index in [-0.39, 0.29) is 0 Å². The van der Waals surface area contributed by atoms with Crippen LogP contribution in [-0.4, -0.2) is 17.8 Å². The highest BCUT2D eigenvalue weighted by Crippen LogP contribution is 2.30. The van der Waals surface area contributed by atoms with Crippen molar-refractivity contribution in [2.45, 2.75) is 51.6 Å². The normalized spacial score (nSPS) is 18.6. The molecule has 0 amide bonds. The molecule has 2 heteroatoms. The van der Waals surface area contributed by atoms with Crippen LogP contribution < -0.4 is 4.74 Å². The Balaban J connectivity index is 1.97. The molecular formula is C16H24O2. The van der Waals surface area contributed by atoms with Crippen LogP contribution in [0.2, 0.25) is 0 Å². The van der Waals surface area contributed by atoms with Gasteiger partial charge in [-0.3, -0.25) is 0 Å². The smallest absolute Gasteiger partial charge is 0.122 e. The van der Waals surface area contributed by atoms with Crippen LogP contribution >= 0.6 is 0 Å². The standard InChI is InChI=1S/C16H24O2/c1-13(17)12-18-16-10-6-5-9-15(16)11-14-7-3-2-4-8-14/h5-6,9-10,13-14,17H,2-4,7-8,11-12H2,1H3. The molecule has 0 aliphatic heterocycles. The molecule has 1 aliphatic carbocycles. The van der Waals surface area contributed by atoms with Gasteiger partial charge in [0.25, 0.3) is 0 Å². The Bertz CT molecular complexity index is 354. The van der Waals surface area contributed by atoms with Crippen LogP contribution in [0.3, 0.4) is 0 Å². The van der Waals surface area contributed by atoms with Gasteiger partial charge in [-0.2, -0.15) is 0 Å². The lowest BCUT2D eigenvalue weighted by molar-refractivity contribution is 0.122. The van der Waals surface area contributed by atoms with Crippen LogP contribution in [0, 0.1) is 5.92 Å². The Kier molecular flexibility index (Phi) is 5.06. The van der Waals surface area contributed by atoms with Crippen LogP contribution in [0.5, 0.6) is 5.75 Å². The van der Waals surface area contributed by atoms with Crippen molar-refractivity contribution < 1.29 is 9.84 Å². The van der Waals surface area contributed by atoms with E-state index >= 15 is 0 Å². The first-order chi connectivity index (χ1) is 8.75. The van der Waals surface area contributed by atoms with E-state index in [2.05, 4.69) is 12.1 Å². The van der Waals surface area contributed by atoms with E-state index in [1.165, 1.54) is 37.7 Å². The predicted octanol–water partition coefficient (Wildman–Crippen LogP) is 3.57. The van der Waals surface area contributed by atoms with Gasteiger partial charge in [-0.15, -0.1) is 0 Å². The fourth-order valence-corrected chi connectivity index (χ4v) is 2.73. The van der Waals surface area contributed by atoms with E-state index in [4.69, 9.17) is 4.74 Å². The average molecular weight is 248 g/mol. The quantitative estimate of drug-likeness (QED) is 0.863. The Labute approximate surface area is 110 Å². The average Bonchev–Trinajstić information content (AvgIpc) is 2.39. The largest absolute Gasteiger partial charge is 0.491 e. The highest BCUT2D eigenvalue weighted by Gasteiger charge is 2.16. The van der Waals surface area contributed by atoms with Gasteiger partial charge in [0.1, 0.15) is 12.4 Å². The van der Waals surface area contributed by atoms with Crippen LogP contribution in [0.15, 0.2) is 24.3 Å². The second kappa shape index (κ2) is 6.79. The second-order valence-corrected chi connectivity index (χ2v) is 5.48. The van der Waals surface area contributed by atoms with Crippen molar-refractivity contribution >= 4 is 0 Å². The lowest BCUT2D eigenvalue weighted by atomic mass is 9.85. The Morgan fingerprint density at radius 3 is 2.67 bits per heavy atom. The first kappa shape index (κ1) is 13.4. The fraction of sp³-hybridized carbons (Fsp3) is 0.625.